The molecule has 0 aliphatic heterocycles. The number of benzene rings is 2. The Balaban J connectivity index is 1.99. The van der Waals surface area contributed by atoms with Gasteiger partial charge >= 0.3 is 5.97 Å². The summed E-state index contributed by atoms with van der Waals surface area (Å²) in [6.07, 6.45) is 1.57. The summed E-state index contributed by atoms with van der Waals surface area (Å²) in [6, 6.07) is 16.4. The van der Waals surface area contributed by atoms with Gasteiger partial charge in [-0.3, -0.25) is 4.79 Å². The number of carbonyl (C=O) groups is 1. The standard InChI is InChI=1S/C24H26N2O2/c1-15(2)13-24(14-16(3)23(27)28-4)18-10-6-5-9-17(18)21-22(24)26-20-12-8-7-11-19(20)25-21/h5-12,15-16H,13-14H2,1-4H3/t16-,24?/m0/s1. The average molecular weight is 374 g/mol. The number of rotatable bonds is 5. The van der Waals surface area contributed by atoms with Crippen LogP contribution >= 0.6 is 0 Å². The molecule has 4 rings (SSSR count). The molecule has 4 heteroatoms. The second-order valence-corrected chi connectivity index (χ2v) is 8.26. The summed E-state index contributed by atoms with van der Waals surface area (Å²) in [5.41, 5.74) is 5.76. The van der Waals surface area contributed by atoms with E-state index in [2.05, 4.69) is 38.1 Å². The van der Waals surface area contributed by atoms with Gasteiger partial charge in [-0.25, -0.2) is 9.97 Å². The number of para-hydroxylation sites is 2. The fourth-order valence-electron chi connectivity index (χ4n) is 4.76. The number of aromatic nitrogens is 2. The van der Waals surface area contributed by atoms with Crippen molar-refractivity contribution in [1.82, 2.24) is 9.97 Å². The smallest absolute Gasteiger partial charge is 0.308 e. The summed E-state index contributed by atoms with van der Waals surface area (Å²) in [7, 11) is 1.46. The summed E-state index contributed by atoms with van der Waals surface area (Å²) in [4.78, 5) is 22.4. The Morgan fingerprint density at radius 1 is 0.964 bits per heavy atom. The van der Waals surface area contributed by atoms with Crippen LogP contribution in [0.25, 0.3) is 22.3 Å². The van der Waals surface area contributed by atoms with Crippen LogP contribution in [0.2, 0.25) is 0 Å². The lowest BCUT2D eigenvalue weighted by molar-refractivity contribution is -0.145. The third-order valence-electron chi connectivity index (χ3n) is 5.74. The number of hydrogen-bond acceptors (Lipinski definition) is 4. The molecule has 2 atom stereocenters. The highest BCUT2D eigenvalue weighted by Crippen LogP contribution is 2.53. The zero-order valence-corrected chi connectivity index (χ0v) is 16.9. The van der Waals surface area contributed by atoms with Gasteiger partial charge in [0.05, 0.1) is 35.4 Å². The molecule has 3 aromatic rings. The highest BCUT2D eigenvalue weighted by atomic mass is 16.5. The van der Waals surface area contributed by atoms with Gasteiger partial charge < -0.3 is 4.74 Å². The van der Waals surface area contributed by atoms with Crippen LogP contribution in [0.5, 0.6) is 0 Å². The monoisotopic (exact) mass is 374 g/mol. The number of ether oxygens (including phenoxy) is 1. The summed E-state index contributed by atoms with van der Waals surface area (Å²) < 4.78 is 5.04. The average Bonchev–Trinajstić information content (AvgIpc) is 2.94. The van der Waals surface area contributed by atoms with E-state index < -0.39 is 0 Å². The lowest BCUT2D eigenvalue weighted by Crippen LogP contribution is -2.33. The van der Waals surface area contributed by atoms with Crippen LogP contribution in [0, 0.1) is 11.8 Å². The number of methoxy groups -OCH3 is 1. The first-order valence-electron chi connectivity index (χ1n) is 9.91. The van der Waals surface area contributed by atoms with Crippen molar-refractivity contribution in [2.24, 2.45) is 11.8 Å². The molecule has 144 valence electrons. The Morgan fingerprint density at radius 3 is 2.29 bits per heavy atom. The van der Waals surface area contributed by atoms with E-state index in [4.69, 9.17) is 14.7 Å². The molecule has 0 spiro atoms. The highest BCUT2D eigenvalue weighted by Gasteiger charge is 2.47. The maximum Gasteiger partial charge on any atom is 0.308 e. The minimum atomic E-state index is -0.343. The summed E-state index contributed by atoms with van der Waals surface area (Å²) in [5.74, 6) is 0.0379. The van der Waals surface area contributed by atoms with Gasteiger partial charge in [0.15, 0.2) is 0 Å². The van der Waals surface area contributed by atoms with E-state index in [1.807, 2.05) is 31.2 Å². The largest absolute Gasteiger partial charge is 0.469 e. The molecule has 2 aromatic carbocycles. The lowest BCUT2D eigenvalue weighted by Gasteiger charge is -2.34. The quantitative estimate of drug-likeness (QED) is 0.580. The highest BCUT2D eigenvalue weighted by molar-refractivity contribution is 5.84. The minimum Gasteiger partial charge on any atom is -0.469 e. The first-order chi connectivity index (χ1) is 13.5. The SMILES string of the molecule is COC(=O)[C@@H](C)CC1(CC(C)C)c2ccccc2-c2nc3ccccc3nc21. The second-order valence-electron chi connectivity index (χ2n) is 8.26. The van der Waals surface area contributed by atoms with Crippen molar-refractivity contribution < 1.29 is 9.53 Å². The Labute approximate surface area is 166 Å². The molecule has 0 N–H and O–H groups in total. The van der Waals surface area contributed by atoms with Crippen molar-refractivity contribution in [3.8, 4) is 11.3 Å². The Bertz CT molecular complexity index is 1040. The number of hydrogen-bond donors (Lipinski definition) is 0. The lowest BCUT2D eigenvalue weighted by atomic mass is 9.69. The zero-order valence-electron chi connectivity index (χ0n) is 16.9. The molecule has 1 aliphatic rings. The van der Waals surface area contributed by atoms with Crippen LogP contribution in [-0.2, 0) is 14.9 Å². The van der Waals surface area contributed by atoms with Gasteiger partial charge in [0.1, 0.15) is 0 Å². The maximum atomic E-state index is 12.3. The van der Waals surface area contributed by atoms with Crippen LogP contribution in [-0.4, -0.2) is 23.0 Å². The molecule has 0 radical (unpaired) electrons. The van der Waals surface area contributed by atoms with Crippen LogP contribution in [0.4, 0.5) is 0 Å². The first kappa shape index (κ1) is 18.6. The topological polar surface area (TPSA) is 52.1 Å². The summed E-state index contributed by atoms with van der Waals surface area (Å²) in [5, 5.41) is 0. The summed E-state index contributed by atoms with van der Waals surface area (Å²) in [6.45, 7) is 6.39. The van der Waals surface area contributed by atoms with Crippen LogP contribution < -0.4 is 0 Å². The fourth-order valence-corrected chi connectivity index (χ4v) is 4.76. The van der Waals surface area contributed by atoms with Gasteiger partial charge in [-0.1, -0.05) is 57.2 Å². The molecule has 4 nitrogen and oxygen atoms in total. The molecule has 0 fully saturated rings. The van der Waals surface area contributed by atoms with E-state index in [0.717, 1.165) is 34.4 Å². The molecule has 1 aromatic heterocycles. The number of carbonyl (C=O) groups excluding carboxylic acids is 1. The molecular weight excluding hydrogens is 348 g/mol. The van der Waals surface area contributed by atoms with E-state index >= 15 is 0 Å². The Hall–Kier alpha value is -2.75. The van der Waals surface area contributed by atoms with Gasteiger partial charge in [0.2, 0.25) is 0 Å². The molecule has 1 unspecified atom stereocenters. The van der Waals surface area contributed by atoms with Gasteiger partial charge in [0.25, 0.3) is 0 Å². The van der Waals surface area contributed by atoms with Crippen molar-refractivity contribution in [2.75, 3.05) is 7.11 Å². The van der Waals surface area contributed by atoms with Crippen LogP contribution in [0.15, 0.2) is 48.5 Å². The first-order valence-corrected chi connectivity index (χ1v) is 9.91. The molecule has 0 saturated carbocycles. The van der Waals surface area contributed by atoms with Crippen molar-refractivity contribution in [2.45, 2.75) is 39.0 Å². The zero-order chi connectivity index (χ0) is 19.9. The third kappa shape index (κ3) is 2.88. The van der Waals surface area contributed by atoms with E-state index in [1.54, 1.807) is 0 Å². The summed E-state index contributed by atoms with van der Waals surface area (Å²) >= 11 is 0. The van der Waals surface area contributed by atoms with Gasteiger partial charge in [-0.15, -0.1) is 0 Å². The van der Waals surface area contributed by atoms with E-state index in [9.17, 15) is 4.79 Å². The predicted molar refractivity (Wildman–Crippen MR) is 111 cm³/mol. The van der Waals surface area contributed by atoms with Crippen molar-refractivity contribution >= 4 is 17.0 Å². The molecular formula is C24H26N2O2. The fraction of sp³-hybridized carbons (Fsp3) is 0.375. The van der Waals surface area contributed by atoms with E-state index in [0.29, 0.717) is 12.3 Å². The Morgan fingerprint density at radius 2 is 1.61 bits per heavy atom. The van der Waals surface area contributed by atoms with Crippen molar-refractivity contribution in [1.29, 1.82) is 0 Å². The van der Waals surface area contributed by atoms with Gasteiger partial charge in [0, 0.05) is 11.0 Å². The van der Waals surface area contributed by atoms with E-state index in [-0.39, 0.29) is 17.3 Å². The normalized spacial score (nSPS) is 18.8. The van der Waals surface area contributed by atoms with Crippen molar-refractivity contribution in [3.63, 3.8) is 0 Å². The van der Waals surface area contributed by atoms with Gasteiger partial charge in [-0.05, 0) is 36.5 Å². The molecule has 1 heterocycles. The molecule has 1 aliphatic carbocycles. The molecule has 0 amide bonds. The second kappa shape index (κ2) is 7.01. The Kier molecular flexibility index (Phi) is 4.66. The van der Waals surface area contributed by atoms with Crippen LogP contribution in [0.1, 0.15) is 44.9 Å². The van der Waals surface area contributed by atoms with Gasteiger partial charge in [-0.2, -0.15) is 0 Å². The minimum absolute atomic E-state index is 0.178. The predicted octanol–water partition coefficient (Wildman–Crippen LogP) is 5.14. The van der Waals surface area contributed by atoms with Crippen molar-refractivity contribution in [3.05, 3.63) is 59.8 Å². The molecule has 0 saturated heterocycles. The molecule has 0 bridgehead atoms. The van der Waals surface area contributed by atoms with E-state index in [1.165, 1.54) is 12.7 Å². The third-order valence-corrected chi connectivity index (χ3v) is 5.74. The number of fused-ring (bicyclic) bond motifs is 4. The molecule has 28 heavy (non-hydrogen) atoms. The van der Waals surface area contributed by atoms with Crippen LogP contribution in [0.3, 0.4) is 0 Å². The number of esters is 1. The number of nitrogens with zero attached hydrogens (tertiary/aromatic N) is 2. The maximum absolute atomic E-state index is 12.3.